The maximum Gasteiger partial charge on any atom is 0.471 e. The molecule has 0 aliphatic heterocycles. The van der Waals surface area contributed by atoms with Crippen LogP contribution in [0.3, 0.4) is 0 Å². The average molecular weight is 433 g/mol. The van der Waals surface area contributed by atoms with E-state index in [4.69, 9.17) is 5.73 Å². The number of rotatable bonds is 6. The summed E-state index contributed by atoms with van der Waals surface area (Å²) < 4.78 is 76.5. The number of primary amides is 1. The second-order valence-corrected chi connectivity index (χ2v) is 7.85. The second kappa shape index (κ2) is 8.17. The molecule has 1 unspecified atom stereocenters. The number of nitrogens with zero attached hydrogens (tertiary/aromatic N) is 1. The van der Waals surface area contributed by atoms with Crippen LogP contribution in [0.5, 0.6) is 0 Å². The summed E-state index contributed by atoms with van der Waals surface area (Å²) in [6.07, 6.45) is -5.11. The first-order valence-corrected chi connectivity index (χ1v) is 9.29. The van der Waals surface area contributed by atoms with E-state index in [0.29, 0.717) is 4.31 Å². The minimum absolute atomic E-state index is 0.00219. The summed E-state index contributed by atoms with van der Waals surface area (Å²) in [6.45, 7) is 0. The number of hydrogen-bond donors (Lipinski definition) is 2. The normalized spacial score (nSPS) is 13.2. The van der Waals surface area contributed by atoms with Crippen LogP contribution in [-0.4, -0.2) is 37.8 Å². The SMILES string of the molecule is CN(C(C(N)=O)c1cccc(F)c1)S(=O)(=O)c1ccc(NC(=O)C(F)(F)F)cc1. The van der Waals surface area contributed by atoms with Crippen molar-refractivity contribution in [1.82, 2.24) is 4.31 Å². The summed E-state index contributed by atoms with van der Waals surface area (Å²) in [6, 6.07) is 6.92. The Labute approximate surface area is 163 Å². The van der Waals surface area contributed by atoms with Gasteiger partial charge in [-0.3, -0.25) is 9.59 Å². The predicted octanol–water partition coefficient (Wildman–Crippen LogP) is 2.17. The van der Waals surface area contributed by atoms with Crippen LogP contribution in [0.1, 0.15) is 11.6 Å². The lowest BCUT2D eigenvalue weighted by Crippen LogP contribution is -2.39. The molecule has 2 aromatic carbocycles. The highest BCUT2D eigenvalue weighted by molar-refractivity contribution is 7.89. The van der Waals surface area contributed by atoms with Gasteiger partial charge in [0.25, 0.3) is 0 Å². The first-order chi connectivity index (χ1) is 13.3. The summed E-state index contributed by atoms with van der Waals surface area (Å²) in [5, 5.41) is 1.57. The van der Waals surface area contributed by atoms with Crippen molar-refractivity contribution in [2.24, 2.45) is 5.73 Å². The molecule has 0 fully saturated rings. The van der Waals surface area contributed by atoms with Gasteiger partial charge in [-0.05, 0) is 42.0 Å². The number of nitrogens with one attached hydrogen (secondary N) is 1. The topological polar surface area (TPSA) is 110 Å². The molecule has 0 spiro atoms. The Morgan fingerprint density at radius 3 is 2.17 bits per heavy atom. The number of alkyl halides is 3. The molecule has 3 N–H and O–H groups in total. The number of amides is 2. The Hall–Kier alpha value is -2.99. The van der Waals surface area contributed by atoms with E-state index < -0.39 is 39.9 Å². The van der Waals surface area contributed by atoms with Crippen LogP contribution >= 0.6 is 0 Å². The minimum atomic E-state index is -5.11. The lowest BCUT2D eigenvalue weighted by molar-refractivity contribution is -0.167. The molecule has 0 aromatic heterocycles. The summed E-state index contributed by atoms with van der Waals surface area (Å²) in [4.78, 5) is 22.4. The van der Waals surface area contributed by atoms with Gasteiger partial charge in [-0.1, -0.05) is 12.1 Å². The zero-order chi connectivity index (χ0) is 22.0. The standard InChI is InChI=1S/C17H15F4N3O4S/c1-24(14(15(22)25)10-3-2-4-11(18)9-10)29(27,28)13-7-5-12(6-8-13)23-16(26)17(19,20)21/h2-9,14H,1H3,(H2,22,25)(H,23,26). The number of carbonyl (C=O) groups excluding carboxylic acids is 2. The molecule has 0 saturated carbocycles. The van der Waals surface area contributed by atoms with Crippen LogP contribution in [0.2, 0.25) is 0 Å². The van der Waals surface area contributed by atoms with Gasteiger partial charge >= 0.3 is 12.1 Å². The third-order valence-corrected chi connectivity index (χ3v) is 5.68. The molecule has 7 nitrogen and oxygen atoms in total. The lowest BCUT2D eigenvalue weighted by Gasteiger charge is -2.25. The van der Waals surface area contributed by atoms with Gasteiger partial charge in [-0.25, -0.2) is 12.8 Å². The lowest BCUT2D eigenvalue weighted by atomic mass is 10.1. The van der Waals surface area contributed by atoms with Crippen LogP contribution in [0.4, 0.5) is 23.2 Å². The van der Waals surface area contributed by atoms with E-state index in [1.807, 2.05) is 0 Å². The van der Waals surface area contributed by atoms with Gasteiger partial charge in [0.05, 0.1) is 4.90 Å². The van der Waals surface area contributed by atoms with Crippen LogP contribution in [0, 0.1) is 5.82 Å². The zero-order valence-electron chi connectivity index (χ0n) is 14.8. The number of likely N-dealkylation sites (N-methyl/N-ethyl adjacent to an activating group) is 1. The molecular formula is C17H15F4N3O4S. The van der Waals surface area contributed by atoms with Gasteiger partial charge < -0.3 is 11.1 Å². The van der Waals surface area contributed by atoms with Crippen molar-refractivity contribution < 1.29 is 35.6 Å². The van der Waals surface area contributed by atoms with E-state index in [9.17, 15) is 35.6 Å². The first-order valence-electron chi connectivity index (χ1n) is 7.85. The Bertz CT molecular complexity index is 1020. The third kappa shape index (κ3) is 5.09. The Kier molecular flexibility index (Phi) is 6.28. The number of hydrogen-bond acceptors (Lipinski definition) is 4. The molecule has 12 heteroatoms. The number of carbonyl (C=O) groups is 2. The van der Waals surface area contributed by atoms with Crippen molar-refractivity contribution in [1.29, 1.82) is 0 Å². The number of anilines is 1. The smallest absolute Gasteiger partial charge is 0.368 e. The third-order valence-electron chi connectivity index (χ3n) is 3.84. The van der Waals surface area contributed by atoms with Crippen LogP contribution in [-0.2, 0) is 19.6 Å². The number of nitrogens with two attached hydrogens (primary N) is 1. The van der Waals surface area contributed by atoms with Crippen molar-refractivity contribution in [3.8, 4) is 0 Å². The highest BCUT2D eigenvalue weighted by atomic mass is 32.2. The van der Waals surface area contributed by atoms with Gasteiger partial charge in [0, 0.05) is 12.7 Å². The van der Waals surface area contributed by atoms with E-state index in [2.05, 4.69) is 0 Å². The molecule has 0 bridgehead atoms. The van der Waals surface area contributed by atoms with Crippen LogP contribution < -0.4 is 11.1 Å². The molecule has 2 rings (SSSR count). The summed E-state index contributed by atoms with van der Waals surface area (Å²) in [5.74, 6) is -3.98. The Morgan fingerprint density at radius 1 is 1.10 bits per heavy atom. The average Bonchev–Trinajstić information content (AvgIpc) is 2.61. The summed E-state index contributed by atoms with van der Waals surface area (Å²) >= 11 is 0. The maximum atomic E-state index is 13.5. The molecule has 1 atom stereocenters. The molecule has 0 heterocycles. The summed E-state index contributed by atoms with van der Waals surface area (Å²) in [5.41, 5.74) is 5.00. The fourth-order valence-electron chi connectivity index (χ4n) is 2.45. The van der Waals surface area contributed by atoms with Crippen molar-refractivity contribution in [2.75, 3.05) is 12.4 Å². The molecule has 29 heavy (non-hydrogen) atoms. The molecule has 2 amide bonds. The fraction of sp³-hybridized carbons (Fsp3) is 0.176. The molecule has 156 valence electrons. The molecule has 0 saturated heterocycles. The Balaban J connectivity index is 2.33. The monoisotopic (exact) mass is 433 g/mol. The molecular weight excluding hydrogens is 418 g/mol. The highest BCUT2D eigenvalue weighted by Crippen LogP contribution is 2.27. The van der Waals surface area contributed by atoms with Crippen LogP contribution in [0.15, 0.2) is 53.4 Å². The van der Waals surface area contributed by atoms with Gasteiger partial charge in [-0.2, -0.15) is 17.5 Å². The van der Waals surface area contributed by atoms with Crippen LogP contribution in [0.25, 0.3) is 0 Å². The van der Waals surface area contributed by atoms with E-state index in [0.717, 1.165) is 43.4 Å². The van der Waals surface area contributed by atoms with Gasteiger partial charge in [0.2, 0.25) is 15.9 Å². The zero-order valence-corrected chi connectivity index (χ0v) is 15.6. The molecule has 0 radical (unpaired) electrons. The van der Waals surface area contributed by atoms with Gasteiger partial charge in [0.15, 0.2) is 0 Å². The molecule has 2 aromatic rings. The predicted molar refractivity (Wildman–Crippen MR) is 94.4 cm³/mol. The maximum absolute atomic E-state index is 13.5. The number of halogens is 4. The van der Waals surface area contributed by atoms with Gasteiger partial charge in [0.1, 0.15) is 11.9 Å². The number of sulfonamides is 1. The van der Waals surface area contributed by atoms with Gasteiger partial charge in [-0.15, -0.1) is 0 Å². The van der Waals surface area contributed by atoms with E-state index in [-0.39, 0.29) is 16.1 Å². The quantitative estimate of drug-likeness (QED) is 0.681. The van der Waals surface area contributed by atoms with E-state index >= 15 is 0 Å². The van der Waals surface area contributed by atoms with Crippen molar-refractivity contribution in [3.63, 3.8) is 0 Å². The highest BCUT2D eigenvalue weighted by Gasteiger charge is 2.39. The largest absolute Gasteiger partial charge is 0.471 e. The Morgan fingerprint density at radius 2 is 1.69 bits per heavy atom. The number of benzene rings is 2. The first kappa shape index (κ1) is 22.3. The summed E-state index contributed by atoms with van der Waals surface area (Å²) in [7, 11) is -3.29. The second-order valence-electron chi connectivity index (χ2n) is 5.86. The minimum Gasteiger partial charge on any atom is -0.368 e. The van der Waals surface area contributed by atoms with Crippen molar-refractivity contribution in [3.05, 3.63) is 59.9 Å². The van der Waals surface area contributed by atoms with Crippen molar-refractivity contribution >= 4 is 27.5 Å². The van der Waals surface area contributed by atoms with E-state index in [1.54, 1.807) is 5.32 Å². The van der Waals surface area contributed by atoms with E-state index in [1.165, 1.54) is 12.1 Å². The fourth-order valence-corrected chi connectivity index (χ4v) is 3.76. The molecule has 0 aliphatic rings. The molecule has 0 aliphatic carbocycles. The van der Waals surface area contributed by atoms with Crippen molar-refractivity contribution in [2.45, 2.75) is 17.1 Å².